The molecule has 0 aliphatic rings. The van der Waals surface area contributed by atoms with E-state index in [4.69, 9.17) is 42.9 Å². The number of unbranched alkanes of at least 4 members (excludes halogenated alkanes) is 4. The molecule has 2 rings (SSSR count). The number of hydrogen-bond acceptors (Lipinski definition) is 6. The molecule has 4 N–H and O–H groups in total. The Morgan fingerprint density at radius 2 is 1.02 bits per heavy atom. The van der Waals surface area contributed by atoms with Crippen LogP contribution in [0.15, 0.2) is 48.5 Å². The maximum absolute atomic E-state index is 10.9. The Balaban J connectivity index is 0.000000571. The number of halogens is 2. The van der Waals surface area contributed by atoms with Crippen molar-refractivity contribution >= 4 is 46.8 Å². The topological polar surface area (TPSA) is 117 Å². The van der Waals surface area contributed by atoms with Crippen molar-refractivity contribution in [3.8, 4) is 23.7 Å². The van der Waals surface area contributed by atoms with Gasteiger partial charge in [0.2, 0.25) is 0 Å². The third-order valence-corrected chi connectivity index (χ3v) is 4.90. The lowest BCUT2D eigenvalue weighted by Crippen LogP contribution is -2.12. The highest BCUT2D eigenvalue weighted by molar-refractivity contribution is 6.30. The fourth-order valence-electron chi connectivity index (χ4n) is 2.50. The predicted octanol–water partition coefficient (Wildman–Crippen LogP) is 7.14. The molecule has 2 amide bonds. The summed E-state index contributed by atoms with van der Waals surface area (Å²) in [6, 6.07) is 13.6. The van der Waals surface area contributed by atoms with Crippen LogP contribution in [0.2, 0.25) is 10.0 Å². The van der Waals surface area contributed by atoms with Gasteiger partial charge in [-0.25, -0.2) is 9.59 Å². The summed E-state index contributed by atoms with van der Waals surface area (Å²) >= 11 is 11.3. The molecule has 8 nitrogen and oxygen atoms in total. The van der Waals surface area contributed by atoms with E-state index in [0.29, 0.717) is 34.6 Å². The maximum Gasteiger partial charge on any atom is 0.411 e. The number of aliphatic hydroxyl groups is 2. The number of rotatable bonds is 10. The number of ether oxygens (including phenoxy) is 2. The molecule has 0 spiro atoms. The summed E-state index contributed by atoms with van der Waals surface area (Å²) in [6.45, 7) is 4.71. The molecule has 0 unspecified atom stereocenters. The van der Waals surface area contributed by atoms with Crippen molar-refractivity contribution in [1.82, 2.24) is 0 Å². The molecular weight excluding hydrogens is 555 g/mol. The Morgan fingerprint density at radius 1 is 0.675 bits per heavy atom. The smallest absolute Gasteiger partial charge is 0.411 e. The van der Waals surface area contributed by atoms with Crippen molar-refractivity contribution in [1.29, 1.82) is 0 Å². The Morgan fingerprint density at radius 3 is 1.32 bits per heavy atom. The number of aliphatic hydroxyl groups excluding tert-OH is 2. The van der Waals surface area contributed by atoms with Crippen LogP contribution in [0.1, 0.15) is 52.4 Å². The Labute approximate surface area is 247 Å². The summed E-state index contributed by atoms with van der Waals surface area (Å²) in [7, 11) is 0. The first-order chi connectivity index (χ1) is 19.4. The van der Waals surface area contributed by atoms with Gasteiger partial charge in [0.25, 0.3) is 0 Å². The molecule has 218 valence electrons. The van der Waals surface area contributed by atoms with Gasteiger partial charge in [-0.3, -0.25) is 10.6 Å². The maximum atomic E-state index is 10.9. The lowest BCUT2D eigenvalue weighted by Gasteiger charge is -2.04. The molecule has 40 heavy (non-hydrogen) atoms. The van der Waals surface area contributed by atoms with Crippen molar-refractivity contribution < 1.29 is 29.3 Å². The van der Waals surface area contributed by atoms with Crippen LogP contribution in [-0.4, -0.2) is 48.8 Å². The largest absolute Gasteiger partial charge is 0.450 e. The van der Waals surface area contributed by atoms with E-state index in [-0.39, 0.29) is 13.2 Å². The van der Waals surface area contributed by atoms with Gasteiger partial charge in [0.05, 0.1) is 13.2 Å². The first-order valence-electron chi connectivity index (χ1n) is 12.9. The third kappa shape index (κ3) is 22.6. The number of amides is 2. The van der Waals surface area contributed by atoms with E-state index < -0.39 is 12.2 Å². The second kappa shape index (κ2) is 25.9. The Bertz CT molecular complexity index is 984. The number of nitrogens with one attached hydrogen (secondary N) is 2. The zero-order valence-electron chi connectivity index (χ0n) is 23.0. The summed E-state index contributed by atoms with van der Waals surface area (Å²) < 4.78 is 9.39. The monoisotopic (exact) mass is 592 g/mol. The van der Waals surface area contributed by atoms with Crippen molar-refractivity contribution in [3.05, 3.63) is 58.6 Å². The van der Waals surface area contributed by atoms with Crippen LogP contribution in [0, 0.1) is 23.7 Å². The second-order valence-electron chi connectivity index (χ2n) is 7.67. The van der Waals surface area contributed by atoms with Crippen LogP contribution in [0.25, 0.3) is 0 Å². The van der Waals surface area contributed by atoms with Gasteiger partial charge in [0, 0.05) is 47.5 Å². The molecule has 0 saturated carbocycles. The number of anilines is 2. The highest BCUT2D eigenvalue weighted by atomic mass is 35.5. The molecular formula is C30H38Cl2N2O6. The fourth-order valence-corrected chi connectivity index (χ4v) is 2.75. The van der Waals surface area contributed by atoms with Gasteiger partial charge in [-0.05, 0) is 99.9 Å². The fraction of sp³-hybridized carbons (Fsp3) is 0.400. The number of carbonyl (C=O) groups is 2. The standard InChI is InChI=1S/C12H18O2.2C9H10ClNO2/c13-11-9-7-5-3-1-2-4-6-8-10-12-14;2*1-2-13-9(12)11-8-5-3-7(10)4-6-8/h13-14H,5-12H2;2*3-6H,2H2,1H3,(H,11,12). The molecule has 0 heterocycles. The van der Waals surface area contributed by atoms with E-state index in [9.17, 15) is 9.59 Å². The highest BCUT2D eigenvalue weighted by Crippen LogP contribution is 2.14. The molecule has 0 fully saturated rings. The van der Waals surface area contributed by atoms with Gasteiger partial charge in [-0.1, -0.05) is 35.0 Å². The van der Waals surface area contributed by atoms with Gasteiger partial charge in [-0.2, -0.15) is 0 Å². The third-order valence-electron chi connectivity index (χ3n) is 4.39. The van der Waals surface area contributed by atoms with E-state index in [1.165, 1.54) is 0 Å². The van der Waals surface area contributed by atoms with E-state index in [1.807, 2.05) is 0 Å². The van der Waals surface area contributed by atoms with Crippen molar-refractivity contribution in [2.45, 2.75) is 52.4 Å². The summed E-state index contributed by atoms with van der Waals surface area (Å²) in [6.07, 6.45) is 4.23. The number of benzene rings is 2. The zero-order chi connectivity index (χ0) is 29.8. The minimum absolute atomic E-state index is 0.245. The molecule has 2 aromatic rings. The van der Waals surface area contributed by atoms with E-state index >= 15 is 0 Å². The lowest BCUT2D eigenvalue weighted by molar-refractivity contribution is 0.167. The first kappa shape index (κ1) is 36.6. The molecule has 0 saturated heterocycles. The van der Waals surface area contributed by atoms with Crippen molar-refractivity contribution in [3.63, 3.8) is 0 Å². The Hall–Kier alpha value is -3.40. The van der Waals surface area contributed by atoms with Crippen LogP contribution in [-0.2, 0) is 9.47 Å². The van der Waals surface area contributed by atoms with E-state index in [2.05, 4.69) is 34.3 Å². The minimum atomic E-state index is -0.454. The van der Waals surface area contributed by atoms with Crippen LogP contribution >= 0.6 is 23.2 Å². The minimum Gasteiger partial charge on any atom is -0.450 e. The molecule has 2 aromatic carbocycles. The molecule has 0 aliphatic carbocycles. The normalized spacial score (nSPS) is 9.05. The summed E-state index contributed by atoms with van der Waals surface area (Å²) in [5.74, 6) is 11.4. The second-order valence-corrected chi connectivity index (χ2v) is 8.54. The summed E-state index contributed by atoms with van der Waals surface area (Å²) in [5, 5.41) is 23.4. The summed E-state index contributed by atoms with van der Waals surface area (Å²) in [4.78, 5) is 21.9. The van der Waals surface area contributed by atoms with E-state index in [1.54, 1.807) is 62.4 Å². The van der Waals surface area contributed by atoms with Gasteiger partial charge in [0.1, 0.15) is 0 Å². The van der Waals surface area contributed by atoms with Crippen LogP contribution in [0.3, 0.4) is 0 Å². The molecule has 0 aromatic heterocycles. The van der Waals surface area contributed by atoms with Crippen LogP contribution < -0.4 is 10.6 Å². The molecule has 0 radical (unpaired) electrons. The van der Waals surface area contributed by atoms with Crippen molar-refractivity contribution in [2.24, 2.45) is 0 Å². The number of carbonyl (C=O) groups excluding carboxylic acids is 2. The lowest BCUT2D eigenvalue weighted by atomic mass is 10.2. The first-order valence-corrected chi connectivity index (χ1v) is 13.7. The molecule has 10 heteroatoms. The number of hydrogen-bond donors (Lipinski definition) is 4. The molecule has 0 atom stereocenters. The van der Waals surface area contributed by atoms with Crippen molar-refractivity contribution in [2.75, 3.05) is 37.1 Å². The highest BCUT2D eigenvalue weighted by Gasteiger charge is 2.01. The average Bonchev–Trinajstić information content (AvgIpc) is 2.93. The predicted molar refractivity (Wildman–Crippen MR) is 162 cm³/mol. The van der Waals surface area contributed by atoms with Gasteiger partial charge < -0.3 is 19.7 Å². The molecule has 0 aliphatic heterocycles. The van der Waals surface area contributed by atoms with Gasteiger partial charge >= 0.3 is 12.2 Å². The van der Waals surface area contributed by atoms with Crippen LogP contribution in [0.4, 0.5) is 21.0 Å². The average molecular weight is 594 g/mol. The Kier molecular flexibility index (Phi) is 23.7. The van der Waals surface area contributed by atoms with Gasteiger partial charge in [-0.15, -0.1) is 0 Å². The zero-order valence-corrected chi connectivity index (χ0v) is 24.5. The quantitative estimate of drug-likeness (QED) is 0.172. The summed E-state index contributed by atoms with van der Waals surface area (Å²) in [5.41, 5.74) is 1.34. The van der Waals surface area contributed by atoms with E-state index in [0.717, 1.165) is 38.5 Å². The van der Waals surface area contributed by atoms with Gasteiger partial charge in [0.15, 0.2) is 0 Å². The SMILES string of the molecule is CCOC(=O)Nc1ccc(Cl)cc1.CCOC(=O)Nc1ccc(Cl)cc1.OCCCCC#CC#CCCCCO. The molecule has 0 bridgehead atoms. The van der Waals surface area contributed by atoms with Crippen LogP contribution in [0.5, 0.6) is 0 Å².